The van der Waals surface area contributed by atoms with E-state index in [1.807, 2.05) is 49.4 Å². The summed E-state index contributed by atoms with van der Waals surface area (Å²) in [5.41, 5.74) is 8.51. The second-order valence-corrected chi connectivity index (χ2v) is 6.05. The maximum absolute atomic E-state index is 5.83. The summed E-state index contributed by atoms with van der Waals surface area (Å²) in [5.74, 6) is 1.23. The van der Waals surface area contributed by atoms with E-state index in [4.69, 9.17) is 14.9 Å². The first-order valence-corrected chi connectivity index (χ1v) is 8.37. The van der Waals surface area contributed by atoms with Gasteiger partial charge in [-0.1, -0.05) is 22.3 Å². The molecule has 2 aromatic heterocycles. The molecule has 0 fully saturated rings. The van der Waals surface area contributed by atoms with Gasteiger partial charge in [0, 0.05) is 11.1 Å². The van der Waals surface area contributed by atoms with Crippen LogP contribution in [0, 0.1) is 0 Å². The highest BCUT2D eigenvalue weighted by molar-refractivity contribution is 5.91. The Morgan fingerprint density at radius 1 is 1.14 bits per heavy atom. The molecule has 10 heteroatoms. The normalized spacial score (nSPS) is 11.6. The molecule has 2 aromatic carbocycles. The molecule has 0 saturated heterocycles. The van der Waals surface area contributed by atoms with Gasteiger partial charge in [-0.25, -0.2) is 0 Å². The minimum absolute atomic E-state index is 0. The quantitative estimate of drug-likeness (QED) is 0.383. The largest absolute Gasteiger partial charge is 0.497 e. The molecule has 0 unspecified atom stereocenters. The number of H-pyrrole nitrogens is 1. The first-order chi connectivity index (χ1) is 13.1. The molecule has 4 rings (SSSR count). The molecule has 4 aromatic rings. The van der Waals surface area contributed by atoms with Crippen molar-refractivity contribution in [2.45, 2.75) is 13.0 Å². The van der Waals surface area contributed by atoms with E-state index in [1.54, 1.807) is 7.11 Å². The minimum atomic E-state index is -0.0320. The number of anilines is 4. The van der Waals surface area contributed by atoms with Crippen LogP contribution >= 0.6 is 12.4 Å². The summed E-state index contributed by atoms with van der Waals surface area (Å²) in [5, 5.41) is 21.9. The second-order valence-electron chi connectivity index (χ2n) is 6.05. The van der Waals surface area contributed by atoms with Crippen LogP contribution in [0.5, 0.6) is 5.75 Å². The summed E-state index contributed by atoms with van der Waals surface area (Å²) in [6.07, 6.45) is 0. The van der Waals surface area contributed by atoms with Gasteiger partial charge >= 0.3 is 12.0 Å². The fourth-order valence-corrected chi connectivity index (χ4v) is 2.75. The van der Waals surface area contributed by atoms with Crippen LogP contribution < -0.4 is 21.1 Å². The Balaban J connectivity index is 0.00000225. The predicted octanol–water partition coefficient (Wildman–Crippen LogP) is 3.88. The highest BCUT2D eigenvalue weighted by atomic mass is 35.5. The number of benzene rings is 2. The van der Waals surface area contributed by atoms with Crippen LogP contribution in [0.1, 0.15) is 18.5 Å². The second kappa shape index (κ2) is 8.05. The Labute approximate surface area is 167 Å². The van der Waals surface area contributed by atoms with Crippen LogP contribution in [-0.2, 0) is 0 Å². The summed E-state index contributed by atoms with van der Waals surface area (Å²) in [4.78, 5) is 0. The first kappa shape index (κ1) is 19.3. The molecule has 0 amide bonds. The first-order valence-electron chi connectivity index (χ1n) is 8.37. The Bertz CT molecular complexity index is 1080. The molecule has 0 aliphatic carbocycles. The summed E-state index contributed by atoms with van der Waals surface area (Å²) in [7, 11) is 1.64. The van der Waals surface area contributed by atoms with E-state index in [0.29, 0.717) is 11.8 Å². The van der Waals surface area contributed by atoms with Crippen LogP contribution in [0.4, 0.5) is 23.5 Å². The molecule has 0 radical (unpaired) electrons. The van der Waals surface area contributed by atoms with Crippen molar-refractivity contribution in [3.63, 3.8) is 0 Å². The molecular formula is C18H20ClN7O2. The Hall–Kier alpha value is -3.46. The molecule has 28 heavy (non-hydrogen) atoms. The number of halogens is 1. The van der Waals surface area contributed by atoms with Crippen molar-refractivity contribution < 1.29 is 9.15 Å². The number of aromatic amines is 1. The number of ether oxygens (including phenoxy) is 1. The lowest BCUT2D eigenvalue weighted by Crippen LogP contribution is -2.06. The SMILES string of the molecule is COc1cccc([C@@H](C)Nc2nnc(Nc3ccc4[nH]nc(N)c4c3)o2)c1.Cl. The van der Waals surface area contributed by atoms with Crippen LogP contribution in [-0.4, -0.2) is 27.5 Å². The number of hydrogen-bond donors (Lipinski definition) is 4. The van der Waals surface area contributed by atoms with Gasteiger partial charge in [-0.3, -0.25) is 5.10 Å². The number of rotatable bonds is 6. The number of nitrogens with one attached hydrogen (secondary N) is 3. The topological polar surface area (TPSA) is 127 Å². The standard InChI is InChI=1S/C18H19N7O2.ClH/c1-10(11-4-3-5-13(8-11)26-2)20-17-24-25-18(27-17)21-12-6-7-15-14(9-12)16(19)23-22-15;/h3-10H,1-2H3,(H,20,24)(H,21,25)(H3,19,22,23);1H/t10-;/m1./s1. The fourth-order valence-electron chi connectivity index (χ4n) is 2.75. The minimum Gasteiger partial charge on any atom is -0.497 e. The molecule has 146 valence electrons. The molecule has 0 saturated carbocycles. The lowest BCUT2D eigenvalue weighted by molar-refractivity contribution is 0.414. The third-order valence-corrected chi connectivity index (χ3v) is 4.20. The van der Waals surface area contributed by atoms with Crippen molar-refractivity contribution in [3.05, 3.63) is 48.0 Å². The highest BCUT2D eigenvalue weighted by Crippen LogP contribution is 2.26. The van der Waals surface area contributed by atoms with Gasteiger partial charge < -0.3 is 25.5 Å². The van der Waals surface area contributed by atoms with Gasteiger partial charge in [0.05, 0.1) is 18.7 Å². The molecule has 1 atom stereocenters. The number of nitrogens with two attached hydrogens (primary N) is 1. The third kappa shape index (κ3) is 3.94. The van der Waals surface area contributed by atoms with Crippen LogP contribution in [0.2, 0.25) is 0 Å². The molecule has 9 nitrogen and oxygen atoms in total. The Morgan fingerprint density at radius 2 is 1.96 bits per heavy atom. The van der Waals surface area contributed by atoms with E-state index in [9.17, 15) is 0 Å². The van der Waals surface area contributed by atoms with Crippen molar-refractivity contribution in [2.24, 2.45) is 0 Å². The number of methoxy groups -OCH3 is 1. The van der Waals surface area contributed by atoms with Gasteiger partial charge in [-0.2, -0.15) is 5.10 Å². The smallest absolute Gasteiger partial charge is 0.321 e. The van der Waals surface area contributed by atoms with E-state index < -0.39 is 0 Å². The lowest BCUT2D eigenvalue weighted by atomic mass is 10.1. The fraction of sp³-hybridized carbons (Fsp3) is 0.167. The number of nitrogen functional groups attached to an aromatic ring is 1. The van der Waals surface area contributed by atoms with Crippen LogP contribution in [0.15, 0.2) is 46.9 Å². The van der Waals surface area contributed by atoms with Crippen molar-refractivity contribution >= 4 is 46.8 Å². The van der Waals surface area contributed by atoms with Gasteiger partial charge in [-0.05, 0) is 42.8 Å². The van der Waals surface area contributed by atoms with Crippen molar-refractivity contribution in [1.29, 1.82) is 0 Å². The van der Waals surface area contributed by atoms with E-state index in [0.717, 1.165) is 27.9 Å². The average molecular weight is 402 g/mol. The zero-order valence-electron chi connectivity index (χ0n) is 15.3. The van der Waals surface area contributed by atoms with Gasteiger partial charge in [0.1, 0.15) is 5.75 Å². The monoisotopic (exact) mass is 401 g/mol. The number of hydrogen-bond acceptors (Lipinski definition) is 8. The zero-order chi connectivity index (χ0) is 18.8. The highest BCUT2D eigenvalue weighted by Gasteiger charge is 2.12. The van der Waals surface area contributed by atoms with Crippen molar-refractivity contribution in [3.8, 4) is 5.75 Å². The maximum Gasteiger partial charge on any atom is 0.321 e. The molecule has 0 aliphatic rings. The molecule has 5 N–H and O–H groups in total. The van der Waals surface area contributed by atoms with E-state index in [-0.39, 0.29) is 24.5 Å². The average Bonchev–Trinajstić information content (AvgIpc) is 3.28. The third-order valence-electron chi connectivity index (χ3n) is 4.20. The summed E-state index contributed by atoms with van der Waals surface area (Å²) >= 11 is 0. The molecule has 0 spiro atoms. The number of aromatic nitrogens is 4. The zero-order valence-corrected chi connectivity index (χ0v) is 16.1. The predicted molar refractivity (Wildman–Crippen MR) is 110 cm³/mol. The van der Waals surface area contributed by atoms with E-state index >= 15 is 0 Å². The van der Waals surface area contributed by atoms with Gasteiger partial charge in [0.15, 0.2) is 5.82 Å². The Morgan fingerprint density at radius 3 is 2.79 bits per heavy atom. The summed E-state index contributed by atoms with van der Waals surface area (Å²) in [6, 6.07) is 14.0. The molecule has 2 heterocycles. The van der Waals surface area contributed by atoms with E-state index in [1.165, 1.54) is 0 Å². The Kier molecular flexibility index (Phi) is 5.55. The molecule has 0 bridgehead atoms. The van der Waals surface area contributed by atoms with Crippen LogP contribution in [0.25, 0.3) is 10.9 Å². The van der Waals surface area contributed by atoms with E-state index in [2.05, 4.69) is 31.0 Å². The van der Waals surface area contributed by atoms with Gasteiger partial charge in [0.25, 0.3) is 0 Å². The van der Waals surface area contributed by atoms with Gasteiger partial charge in [-0.15, -0.1) is 12.4 Å². The number of nitrogens with zero attached hydrogens (tertiary/aromatic N) is 3. The lowest BCUT2D eigenvalue weighted by Gasteiger charge is -2.13. The number of fused-ring (bicyclic) bond motifs is 1. The molecule has 0 aliphatic heterocycles. The summed E-state index contributed by atoms with van der Waals surface area (Å²) in [6.45, 7) is 2.00. The van der Waals surface area contributed by atoms with Crippen molar-refractivity contribution in [2.75, 3.05) is 23.5 Å². The van der Waals surface area contributed by atoms with Crippen molar-refractivity contribution in [1.82, 2.24) is 20.4 Å². The van der Waals surface area contributed by atoms with Crippen LogP contribution in [0.3, 0.4) is 0 Å². The van der Waals surface area contributed by atoms with Gasteiger partial charge in [0.2, 0.25) is 0 Å². The maximum atomic E-state index is 5.83. The molecular weight excluding hydrogens is 382 g/mol. The summed E-state index contributed by atoms with van der Waals surface area (Å²) < 4.78 is 10.9.